The molecule has 3 rings (SSSR count). The van der Waals surface area contributed by atoms with E-state index in [2.05, 4.69) is 14.7 Å². The number of hydrogen-bond acceptors (Lipinski definition) is 3. The molecule has 1 aromatic carbocycles. The van der Waals surface area contributed by atoms with Crippen LogP contribution in [-0.4, -0.2) is 28.4 Å². The van der Waals surface area contributed by atoms with E-state index < -0.39 is 0 Å². The third-order valence-electron chi connectivity index (χ3n) is 3.84. The van der Waals surface area contributed by atoms with E-state index in [1.165, 1.54) is 0 Å². The fourth-order valence-electron chi connectivity index (χ4n) is 2.48. The van der Waals surface area contributed by atoms with E-state index in [-0.39, 0.29) is 12.5 Å². The van der Waals surface area contributed by atoms with Crippen molar-refractivity contribution in [1.29, 1.82) is 0 Å². The fraction of sp³-hybridized carbons (Fsp3) is 0.263. The minimum absolute atomic E-state index is 0.0212. The summed E-state index contributed by atoms with van der Waals surface area (Å²) in [5.74, 6) is 0.571. The SMILES string of the molecule is Cc1ccc(OCC(=O)NCCc2cn3c(C)cccc3n2)cc1. The van der Waals surface area contributed by atoms with Crippen molar-refractivity contribution in [2.75, 3.05) is 13.2 Å². The lowest BCUT2D eigenvalue weighted by molar-refractivity contribution is -0.123. The van der Waals surface area contributed by atoms with Gasteiger partial charge in [0, 0.05) is 24.9 Å². The number of ether oxygens (including phenoxy) is 1. The predicted molar refractivity (Wildman–Crippen MR) is 93.3 cm³/mol. The van der Waals surface area contributed by atoms with Crippen LogP contribution in [0, 0.1) is 13.8 Å². The van der Waals surface area contributed by atoms with Gasteiger partial charge in [0.05, 0.1) is 5.69 Å². The number of benzene rings is 1. The van der Waals surface area contributed by atoms with E-state index in [0.29, 0.717) is 18.7 Å². The van der Waals surface area contributed by atoms with Crippen LogP contribution in [0.5, 0.6) is 5.75 Å². The normalized spacial score (nSPS) is 10.8. The second-order valence-corrected chi connectivity index (χ2v) is 5.83. The summed E-state index contributed by atoms with van der Waals surface area (Å²) >= 11 is 0. The Bertz CT molecular complexity index is 837. The number of imidazole rings is 1. The molecule has 0 unspecified atom stereocenters. The molecule has 5 nitrogen and oxygen atoms in total. The number of rotatable bonds is 6. The molecule has 24 heavy (non-hydrogen) atoms. The third kappa shape index (κ3) is 3.93. The lowest BCUT2D eigenvalue weighted by Crippen LogP contribution is -2.30. The van der Waals surface area contributed by atoms with Crippen LogP contribution >= 0.6 is 0 Å². The Morgan fingerprint density at radius 2 is 1.96 bits per heavy atom. The zero-order valence-electron chi connectivity index (χ0n) is 14.0. The molecule has 0 saturated carbocycles. The van der Waals surface area contributed by atoms with Gasteiger partial charge in [0.15, 0.2) is 6.61 Å². The molecule has 0 saturated heterocycles. The molecular weight excluding hydrogens is 302 g/mol. The highest BCUT2D eigenvalue weighted by Crippen LogP contribution is 2.11. The summed E-state index contributed by atoms with van der Waals surface area (Å²) in [6, 6.07) is 13.7. The summed E-state index contributed by atoms with van der Waals surface area (Å²) in [4.78, 5) is 16.4. The van der Waals surface area contributed by atoms with E-state index in [9.17, 15) is 4.79 Å². The van der Waals surface area contributed by atoms with E-state index in [4.69, 9.17) is 4.74 Å². The fourth-order valence-corrected chi connectivity index (χ4v) is 2.48. The zero-order chi connectivity index (χ0) is 16.9. The van der Waals surface area contributed by atoms with E-state index >= 15 is 0 Å². The zero-order valence-corrected chi connectivity index (χ0v) is 14.0. The molecule has 2 aromatic heterocycles. The van der Waals surface area contributed by atoms with Crippen LogP contribution in [0.4, 0.5) is 0 Å². The Morgan fingerprint density at radius 1 is 1.17 bits per heavy atom. The summed E-state index contributed by atoms with van der Waals surface area (Å²) in [7, 11) is 0. The van der Waals surface area contributed by atoms with Crippen molar-refractivity contribution in [3.8, 4) is 5.75 Å². The monoisotopic (exact) mass is 323 g/mol. The summed E-state index contributed by atoms with van der Waals surface area (Å²) in [6.07, 6.45) is 2.71. The minimum atomic E-state index is -0.129. The Kier molecular flexibility index (Phi) is 4.79. The standard InChI is InChI=1S/C19H21N3O2/c1-14-6-8-17(9-7-14)24-13-19(23)20-11-10-16-12-22-15(2)4-3-5-18(22)21-16/h3-9,12H,10-11,13H2,1-2H3,(H,20,23). The average molecular weight is 323 g/mol. The van der Waals surface area contributed by atoms with Crippen molar-refractivity contribution in [2.24, 2.45) is 0 Å². The number of nitrogens with zero attached hydrogens (tertiary/aromatic N) is 2. The lowest BCUT2D eigenvalue weighted by atomic mass is 10.2. The van der Waals surface area contributed by atoms with Crippen LogP contribution in [0.3, 0.4) is 0 Å². The molecule has 0 spiro atoms. The molecule has 0 bridgehead atoms. The number of hydrogen-bond donors (Lipinski definition) is 1. The average Bonchev–Trinajstić information content (AvgIpc) is 2.99. The lowest BCUT2D eigenvalue weighted by Gasteiger charge is -2.07. The van der Waals surface area contributed by atoms with Gasteiger partial charge < -0.3 is 14.5 Å². The first kappa shape index (κ1) is 16.1. The number of fused-ring (bicyclic) bond motifs is 1. The topological polar surface area (TPSA) is 55.6 Å². The van der Waals surface area contributed by atoms with Gasteiger partial charge in [-0.3, -0.25) is 4.79 Å². The maximum Gasteiger partial charge on any atom is 0.257 e. The van der Waals surface area contributed by atoms with Gasteiger partial charge in [0.2, 0.25) is 0 Å². The molecule has 3 aromatic rings. The predicted octanol–water partition coefficient (Wildman–Crippen LogP) is 2.69. The Balaban J connectivity index is 1.45. The van der Waals surface area contributed by atoms with Gasteiger partial charge in [-0.25, -0.2) is 4.98 Å². The molecule has 1 N–H and O–H groups in total. The molecule has 5 heteroatoms. The van der Waals surface area contributed by atoms with Crippen LogP contribution in [-0.2, 0) is 11.2 Å². The second kappa shape index (κ2) is 7.17. The Morgan fingerprint density at radius 3 is 2.71 bits per heavy atom. The van der Waals surface area contributed by atoms with Crippen LogP contribution < -0.4 is 10.1 Å². The molecule has 0 aliphatic heterocycles. The number of carbonyl (C=O) groups is 1. The molecule has 0 atom stereocenters. The number of carbonyl (C=O) groups excluding carboxylic acids is 1. The Hall–Kier alpha value is -2.82. The quantitative estimate of drug-likeness (QED) is 0.759. The summed E-state index contributed by atoms with van der Waals surface area (Å²) < 4.78 is 7.51. The molecule has 2 heterocycles. The van der Waals surface area contributed by atoms with Crippen LogP contribution in [0.2, 0.25) is 0 Å². The summed E-state index contributed by atoms with van der Waals surface area (Å²) in [5.41, 5.74) is 4.19. The van der Waals surface area contributed by atoms with Gasteiger partial charge in [0.25, 0.3) is 5.91 Å². The summed E-state index contributed by atoms with van der Waals surface area (Å²) in [5, 5.41) is 2.86. The first-order chi connectivity index (χ1) is 11.6. The molecule has 0 fully saturated rings. The highest BCUT2D eigenvalue weighted by atomic mass is 16.5. The van der Waals surface area contributed by atoms with Gasteiger partial charge in [-0.15, -0.1) is 0 Å². The van der Waals surface area contributed by atoms with Crippen LogP contribution in [0.25, 0.3) is 5.65 Å². The van der Waals surface area contributed by atoms with Gasteiger partial charge in [-0.2, -0.15) is 0 Å². The highest BCUT2D eigenvalue weighted by molar-refractivity contribution is 5.77. The maximum absolute atomic E-state index is 11.8. The first-order valence-corrected chi connectivity index (χ1v) is 8.01. The van der Waals surface area contributed by atoms with Crippen LogP contribution in [0.1, 0.15) is 17.0 Å². The van der Waals surface area contributed by atoms with Crippen molar-refractivity contribution in [3.05, 3.63) is 65.6 Å². The van der Waals surface area contributed by atoms with Gasteiger partial charge in [0.1, 0.15) is 11.4 Å². The maximum atomic E-state index is 11.8. The minimum Gasteiger partial charge on any atom is -0.484 e. The smallest absolute Gasteiger partial charge is 0.257 e. The number of aromatic nitrogens is 2. The van der Waals surface area contributed by atoms with Gasteiger partial charge in [-0.05, 0) is 38.1 Å². The van der Waals surface area contributed by atoms with Crippen molar-refractivity contribution in [2.45, 2.75) is 20.3 Å². The number of nitrogens with one attached hydrogen (secondary N) is 1. The number of pyridine rings is 1. The van der Waals surface area contributed by atoms with E-state index in [1.807, 2.05) is 62.5 Å². The van der Waals surface area contributed by atoms with Gasteiger partial charge >= 0.3 is 0 Å². The van der Waals surface area contributed by atoms with Crippen molar-refractivity contribution >= 4 is 11.6 Å². The molecular formula is C19H21N3O2. The molecule has 0 aliphatic rings. The second-order valence-electron chi connectivity index (χ2n) is 5.83. The third-order valence-corrected chi connectivity index (χ3v) is 3.84. The Labute approximate surface area is 141 Å². The molecule has 0 radical (unpaired) electrons. The van der Waals surface area contributed by atoms with Crippen molar-refractivity contribution in [1.82, 2.24) is 14.7 Å². The number of amides is 1. The van der Waals surface area contributed by atoms with Gasteiger partial charge in [-0.1, -0.05) is 23.8 Å². The molecule has 1 amide bonds. The summed E-state index contributed by atoms with van der Waals surface area (Å²) in [6.45, 7) is 4.62. The largest absolute Gasteiger partial charge is 0.484 e. The molecule has 0 aliphatic carbocycles. The number of aryl methyl sites for hydroxylation is 2. The van der Waals surface area contributed by atoms with Crippen LogP contribution in [0.15, 0.2) is 48.7 Å². The van der Waals surface area contributed by atoms with Crippen molar-refractivity contribution < 1.29 is 9.53 Å². The van der Waals surface area contributed by atoms with E-state index in [0.717, 1.165) is 22.6 Å². The first-order valence-electron chi connectivity index (χ1n) is 8.01. The molecule has 124 valence electrons. The van der Waals surface area contributed by atoms with Crippen molar-refractivity contribution in [3.63, 3.8) is 0 Å². The van der Waals surface area contributed by atoms with E-state index in [1.54, 1.807) is 0 Å². The highest BCUT2D eigenvalue weighted by Gasteiger charge is 2.05.